The van der Waals surface area contributed by atoms with Crippen LogP contribution in [0, 0.1) is 5.92 Å². The van der Waals surface area contributed by atoms with Crippen molar-refractivity contribution in [3.63, 3.8) is 0 Å². The number of hydrogen-bond donors (Lipinski definition) is 2. The Hall–Kier alpha value is -0.130. The van der Waals surface area contributed by atoms with Crippen molar-refractivity contribution in [2.75, 3.05) is 19.6 Å². The summed E-state index contributed by atoms with van der Waals surface area (Å²) in [4.78, 5) is 0. The molecule has 0 saturated heterocycles. The van der Waals surface area contributed by atoms with E-state index in [0.29, 0.717) is 19.0 Å². The molecule has 1 unspecified atom stereocenters. The van der Waals surface area contributed by atoms with Gasteiger partial charge in [-0.05, 0) is 25.8 Å². The molecule has 0 aliphatic heterocycles. The first-order valence-electron chi connectivity index (χ1n) is 6.59. The smallest absolute Gasteiger partial charge is 0.215 e. The van der Waals surface area contributed by atoms with E-state index in [0.717, 1.165) is 25.8 Å². The largest absolute Gasteiger partial charge is 0.316 e. The van der Waals surface area contributed by atoms with Crippen LogP contribution >= 0.6 is 0 Å². The predicted octanol–water partition coefficient (Wildman–Crippen LogP) is 1.73. The van der Waals surface area contributed by atoms with E-state index in [4.69, 9.17) is 0 Å². The molecule has 2 N–H and O–H groups in total. The zero-order valence-corrected chi connectivity index (χ0v) is 12.4. The van der Waals surface area contributed by atoms with E-state index < -0.39 is 10.0 Å². The Bertz CT molecular complexity index is 276. The average Bonchev–Trinajstić information content (AvgIpc) is 2.24. The lowest BCUT2D eigenvalue weighted by Crippen LogP contribution is -2.39. The van der Waals surface area contributed by atoms with Crippen LogP contribution in [0.4, 0.5) is 0 Å². The molecule has 5 heteroatoms. The summed E-state index contributed by atoms with van der Waals surface area (Å²) in [7, 11) is -3.15. The maximum atomic E-state index is 11.8. The quantitative estimate of drug-likeness (QED) is 0.591. The molecule has 0 aromatic carbocycles. The molecule has 0 aliphatic rings. The highest BCUT2D eigenvalue weighted by Crippen LogP contribution is 2.05. The van der Waals surface area contributed by atoms with E-state index >= 15 is 0 Å². The summed E-state index contributed by atoms with van der Waals surface area (Å²) in [5, 5.41) is 2.68. The molecule has 1 atom stereocenters. The van der Waals surface area contributed by atoms with Gasteiger partial charge in [-0.3, -0.25) is 0 Å². The number of hydrogen-bond acceptors (Lipinski definition) is 3. The second-order valence-electron chi connectivity index (χ2n) is 4.95. The second-order valence-corrected chi connectivity index (χ2v) is 7.13. The van der Waals surface area contributed by atoms with Crippen molar-refractivity contribution in [1.29, 1.82) is 0 Å². The minimum Gasteiger partial charge on any atom is -0.316 e. The standard InChI is InChI=1S/C12H28N2O2S/c1-5-13-10-12(4)17(15,16)14-9-7-6-8-11(2)3/h11-14H,5-10H2,1-4H3. The summed E-state index contributed by atoms with van der Waals surface area (Å²) in [6, 6.07) is 0. The van der Waals surface area contributed by atoms with Crippen molar-refractivity contribution in [3.8, 4) is 0 Å². The molecule has 0 saturated carbocycles. The van der Waals surface area contributed by atoms with Crippen molar-refractivity contribution < 1.29 is 8.42 Å². The molecular formula is C12H28N2O2S. The van der Waals surface area contributed by atoms with Crippen LogP contribution < -0.4 is 10.0 Å². The number of nitrogens with one attached hydrogen (secondary N) is 2. The number of unbranched alkanes of at least 4 members (excludes halogenated alkanes) is 1. The molecule has 4 nitrogen and oxygen atoms in total. The van der Waals surface area contributed by atoms with Gasteiger partial charge in [-0.1, -0.05) is 33.6 Å². The van der Waals surface area contributed by atoms with Gasteiger partial charge < -0.3 is 5.32 Å². The summed E-state index contributed by atoms with van der Waals surface area (Å²) in [5.41, 5.74) is 0. The van der Waals surface area contributed by atoms with E-state index in [-0.39, 0.29) is 5.25 Å². The van der Waals surface area contributed by atoms with Crippen molar-refractivity contribution >= 4 is 10.0 Å². The monoisotopic (exact) mass is 264 g/mol. The minimum absolute atomic E-state index is 0.368. The number of sulfonamides is 1. The van der Waals surface area contributed by atoms with E-state index in [1.807, 2.05) is 6.92 Å². The highest BCUT2D eigenvalue weighted by molar-refractivity contribution is 7.90. The highest BCUT2D eigenvalue weighted by Gasteiger charge is 2.18. The molecule has 0 rings (SSSR count). The predicted molar refractivity (Wildman–Crippen MR) is 73.6 cm³/mol. The highest BCUT2D eigenvalue weighted by atomic mass is 32.2. The SMILES string of the molecule is CCNCC(C)S(=O)(=O)NCCCCC(C)C. The fourth-order valence-electron chi connectivity index (χ4n) is 1.49. The van der Waals surface area contributed by atoms with Crippen LogP contribution in [0.1, 0.15) is 47.0 Å². The maximum Gasteiger partial charge on any atom is 0.215 e. The Labute approximate surface area is 107 Å². The van der Waals surface area contributed by atoms with Gasteiger partial charge in [-0.15, -0.1) is 0 Å². The summed E-state index contributed by atoms with van der Waals surface area (Å²) >= 11 is 0. The molecule has 0 fully saturated rings. The second kappa shape index (κ2) is 8.89. The molecule has 0 bridgehead atoms. The Kier molecular flexibility index (Phi) is 8.82. The zero-order chi connectivity index (χ0) is 13.3. The fourth-order valence-corrected chi connectivity index (χ4v) is 2.54. The minimum atomic E-state index is -3.15. The van der Waals surface area contributed by atoms with Crippen molar-refractivity contribution in [1.82, 2.24) is 10.0 Å². The Balaban J connectivity index is 3.77. The first-order valence-corrected chi connectivity index (χ1v) is 8.14. The van der Waals surface area contributed by atoms with Crippen LogP contribution in [-0.4, -0.2) is 33.3 Å². The first-order chi connectivity index (χ1) is 7.90. The van der Waals surface area contributed by atoms with Crippen LogP contribution in [0.5, 0.6) is 0 Å². The zero-order valence-electron chi connectivity index (χ0n) is 11.6. The Morgan fingerprint density at radius 3 is 2.29 bits per heavy atom. The summed E-state index contributed by atoms with van der Waals surface area (Å²) in [6.07, 6.45) is 3.17. The van der Waals surface area contributed by atoms with Crippen LogP contribution in [0.2, 0.25) is 0 Å². The molecular weight excluding hydrogens is 236 g/mol. The van der Waals surface area contributed by atoms with Crippen molar-refractivity contribution in [3.05, 3.63) is 0 Å². The lowest BCUT2D eigenvalue weighted by atomic mass is 10.1. The van der Waals surface area contributed by atoms with E-state index in [1.54, 1.807) is 6.92 Å². The topological polar surface area (TPSA) is 58.2 Å². The normalized spacial score (nSPS) is 14.2. The van der Waals surface area contributed by atoms with Crippen LogP contribution in [0.25, 0.3) is 0 Å². The van der Waals surface area contributed by atoms with E-state index in [2.05, 4.69) is 23.9 Å². The Morgan fingerprint density at radius 1 is 1.12 bits per heavy atom. The summed E-state index contributed by atoms with van der Waals surface area (Å²) in [6.45, 7) is 9.95. The third-order valence-corrected chi connectivity index (χ3v) is 4.56. The van der Waals surface area contributed by atoms with Crippen LogP contribution in [0.15, 0.2) is 0 Å². The average molecular weight is 264 g/mol. The molecule has 104 valence electrons. The van der Waals surface area contributed by atoms with Crippen molar-refractivity contribution in [2.45, 2.75) is 52.2 Å². The van der Waals surface area contributed by atoms with Gasteiger partial charge in [-0.25, -0.2) is 13.1 Å². The third kappa shape index (κ3) is 8.57. The molecule has 0 heterocycles. The summed E-state index contributed by atoms with van der Waals surface area (Å²) < 4.78 is 26.2. The number of rotatable bonds is 10. The lowest BCUT2D eigenvalue weighted by molar-refractivity contribution is 0.526. The molecule has 0 spiro atoms. The van der Waals surface area contributed by atoms with Gasteiger partial charge in [0.2, 0.25) is 10.0 Å². The molecule has 0 radical (unpaired) electrons. The molecule has 0 amide bonds. The summed E-state index contributed by atoms with van der Waals surface area (Å²) in [5.74, 6) is 0.694. The van der Waals surface area contributed by atoms with Gasteiger partial charge in [0.05, 0.1) is 5.25 Å². The van der Waals surface area contributed by atoms with E-state index in [1.165, 1.54) is 0 Å². The van der Waals surface area contributed by atoms with Crippen molar-refractivity contribution in [2.24, 2.45) is 5.92 Å². The van der Waals surface area contributed by atoms with Crippen LogP contribution in [-0.2, 0) is 10.0 Å². The maximum absolute atomic E-state index is 11.8. The van der Waals surface area contributed by atoms with Crippen LogP contribution in [0.3, 0.4) is 0 Å². The van der Waals surface area contributed by atoms with Gasteiger partial charge in [0, 0.05) is 13.1 Å². The Morgan fingerprint density at radius 2 is 1.76 bits per heavy atom. The van der Waals surface area contributed by atoms with Gasteiger partial charge in [-0.2, -0.15) is 0 Å². The lowest BCUT2D eigenvalue weighted by Gasteiger charge is -2.14. The molecule has 0 aromatic rings. The van der Waals surface area contributed by atoms with Gasteiger partial charge in [0.25, 0.3) is 0 Å². The van der Waals surface area contributed by atoms with Gasteiger partial charge in [0.15, 0.2) is 0 Å². The van der Waals surface area contributed by atoms with E-state index in [9.17, 15) is 8.42 Å². The molecule has 0 aliphatic carbocycles. The van der Waals surface area contributed by atoms with Gasteiger partial charge >= 0.3 is 0 Å². The van der Waals surface area contributed by atoms with Gasteiger partial charge in [0.1, 0.15) is 0 Å². The molecule has 17 heavy (non-hydrogen) atoms. The first kappa shape index (κ1) is 16.9. The molecule has 0 aromatic heterocycles. The third-order valence-electron chi connectivity index (χ3n) is 2.72. The fraction of sp³-hybridized carbons (Fsp3) is 1.00.